The Kier molecular flexibility index (Phi) is 24.0. The minimum absolute atomic E-state index is 0.523. The molecule has 0 spiro atoms. The van der Waals surface area contributed by atoms with Gasteiger partial charge in [-0.15, -0.1) is 13.2 Å². The van der Waals surface area contributed by atoms with Crippen LogP contribution in [0.1, 0.15) is 12.8 Å². The summed E-state index contributed by atoms with van der Waals surface area (Å²) in [4.78, 5) is 0. The molecule has 0 aliphatic carbocycles. The summed E-state index contributed by atoms with van der Waals surface area (Å²) in [5.41, 5.74) is 0. The Morgan fingerprint density at radius 3 is 1.44 bits per heavy atom. The summed E-state index contributed by atoms with van der Waals surface area (Å²) in [7, 11) is 0. The van der Waals surface area contributed by atoms with Gasteiger partial charge in [0, 0.05) is 0 Å². The molecule has 0 rings (SSSR count). The van der Waals surface area contributed by atoms with E-state index in [0.717, 1.165) is 12.8 Å². The Morgan fingerprint density at radius 1 is 1.11 bits per heavy atom. The van der Waals surface area contributed by atoms with E-state index in [1.807, 2.05) is 12.2 Å². The summed E-state index contributed by atoms with van der Waals surface area (Å²) in [6, 6.07) is 0. The second-order valence-electron chi connectivity index (χ2n) is 1.20. The maximum absolute atomic E-state index is 3.55. The van der Waals surface area contributed by atoms with Crippen molar-refractivity contribution < 1.29 is 11.2 Å². The van der Waals surface area contributed by atoms with Gasteiger partial charge >= 0.3 is 49.9 Å². The quantitative estimate of drug-likeness (QED) is 0.295. The van der Waals surface area contributed by atoms with Crippen LogP contribution in [0.4, 0.5) is 0 Å². The van der Waals surface area contributed by atoms with Crippen LogP contribution in [0.15, 0.2) is 25.3 Å². The molecule has 0 aromatic rings. The summed E-state index contributed by atoms with van der Waals surface area (Å²) >= 11 is 5.30. The Labute approximate surface area is 86.7 Å². The zero-order valence-corrected chi connectivity index (χ0v) is 11.6. The normalized spacial score (nSPS) is 7.33. The van der Waals surface area contributed by atoms with Gasteiger partial charge in [-0.2, -0.15) is 0 Å². The second kappa shape index (κ2) is 16.3. The minimum atomic E-state index is 0.523. The van der Waals surface area contributed by atoms with Crippen LogP contribution in [-0.2, 0) is 11.2 Å². The van der Waals surface area contributed by atoms with Crippen molar-refractivity contribution in [2.24, 2.45) is 0 Å². The molecule has 3 heteroatoms. The van der Waals surface area contributed by atoms with Gasteiger partial charge in [-0.05, 0) is 12.8 Å². The van der Waals surface area contributed by atoms with Crippen molar-refractivity contribution in [3.63, 3.8) is 0 Å². The van der Waals surface area contributed by atoms with Gasteiger partial charge in [0.25, 0.3) is 0 Å². The zero-order valence-electron chi connectivity index (χ0n) is 5.06. The van der Waals surface area contributed by atoms with Gasteiger partial charge in [-0.25, -0.2) is 0 Å². The molecule has 0 bridgehead atoms. The molecule has 0 fully saturated rings. The Morgan fingerprint density at radius 2 is 1.33 bits per heavy atom. The summed E-state index contributed by atoms with van der Waals surface area (Å²) < 4.78 is 0. The first kappa shape index (κ1) is 13.2. The molecule has 0 N–H and O–H groups in total. The molecule has 0 atom stereocenters. The first-order valence-corrected chi connectivity index (χ1v) is 15.3. The molecule has 0 saturated carbocycles. The Bertz CT molecular complexity index is 56.1. The van der Waals surface area contributed by atoms with Crippen LogP contribution in [0.5, 0.6) is 0 Å². The first-order valence-electron chi connectivity index (χ1n) is 2.37. The van der Waals surface area contributed by atoms with E-state index in [4.69, 9.17) is 0 Å². The van der Waals surface area contributed by atoms with Gasteiger partial charge in [0.1, 0.15) is 0 Å². The van der Waals surface area contributed by atoms with E-state index in [1.165, 1.54) is 0 Å². The van der Waals surface area contributed by atoms with Gasteiger partial charge < -0.3 is 0 Å². The maximum atomic E-state index is 3.55. The van der Waals surface area contributed by atoms with Crippen LogP contribution < -0.4 is 0 Å². The molecule has 0 aliphatic rings. The van der Waals surface area contributed by atoms with E-state index >= 15 is 0 Å². The number of halogens is 2. The standard InChI is InChI=1S/C6H10.2HI.Pt/c1-3-5-6-4-2;;;/h3-4H,1-2,5-6H2;2*1H;/q;;;+2/p-2. The number of hydrogen-bond donors (Lipinski definition) is 0. The van der Waals surface area contributed by atoms with E-state index in [9.17, 15) is 0 Å². The number of unbranched alkanes of at least 4 members (excludes halogenated alkanes) is 1. The molecule has 0 radical (unpaired) electrons. The van der Waals surface area contributed by atoms with E-state index in [0.29, 0.717) is 11.2 Å². The molecular weight excluding hydrogens is 521 g/mol. The predicted molar refractivity (Wildman–Crippen MR) is 57.7 cm³/mol. The van der Waals surface area contributed by atoms with E-state index in [2.05, 4.69) is 51.9 Å². The van der Waals surface area contributed by atoms with Gasteiger partial charge in [-0.3, -0.25) is 0 Å². The van der Waals surface area contributed by atoms with Gasteiger partial charge in [0.05, 0.1) is 0 Å². The molecule has 9 heavy (non-hydrogen) atoms. The van der Waals surface area contributed by atoms with Crippen molar-refractivity contribution in [3.8, 4) is 0 Å². The fourth-order valence-electron chi connectivity index (χ4n) is 0.236. The van der Waals surface area contributed by atoms with E-state index in [-0.39, 0.29) is 0 Å². The summed E-state index contributed by atoms with van der Waals surface area (Å²) in [6.45, 7) is 7.10. The molecule has 0 aromatic heterocycles. The molecule has 0 saturated heterocycles. The summed E-state index contributed by atoms with van der Waals surface area (Å²) in [6.07, 6.45) is 5.90. The van der Waals surface area contributed by atoms with Crippen LogP contribution >= 0.6 is 38.7 Å². The second-order valence-corrected chi connectivity index (χ2v) is 17.8. The number of rotatable bonds is 3. The molecule has 58 valence electrons. The average Bonchev–Trinajstić information content (AvgIpc) is 1.86. The topological polar surface area (TPSA) is 0 Å². The van der Waals surface area contributed by atoms with Crippen LogP contribution in [0.3, 0.4) is 0 Å². The number of allylic oxidation sites excluding steroid dienone is 2. The van der Waals surface area contributed by atoms with Gasteiger partial charge in [-0.1, -0.05) is 12.2 Å². The molecule has 0 nitrogen and oxygen atoms in total. The third-order valence-electron chi connectivity index (χ3n) is 0.575. The van der Waals surface area contributed by atoms with Crippen molar-refractivity contribution >= 4 is 38.7 Å². The van der Waals surface area contributed by atoms with Crippen LogP contribution in [-0.4, -0.2) is 0 Å². The molecule has 0 heterocycles. The fourth-order valence-corrected chi connectivity index (χ4v) is 0.236. The van der Waals surface area contributed by atoms with Crippen molar-refractivity contribution in [3.05, 3.63) is 25.3 Å². The SMILES string of the molecule is C=CCCC=C.[I][Pt][I]. The van der Waals surface area contributed by atoms with Crippen LogP contribution in [0.25, 0.3) is 0 Å². The first-order chi connectivity index (χ1) is 4.33. The summed E-state index contributed by atoms with van der Waals surface area (Å²) in [5.74, 6) is 0. The van der Waals surface area contributed by atoms with Gasteiger partial charge in [0.15, 0.2) is 0 Å². The Hall–Kier alpha value is 1.63. The molecule has 0 unspecified atom stereocenters. The molecule has 0 aliphatic heterocycles. The third-order valence-corrected chi connectivity index (χ3v) is 0.575. The van der Waals surface area contributed by atoms with Gasteiger partial charge in [0.2, 0.25) is 0 Å². The monoisotopic (exact) mass is 531 g/mol. The third kappa shape index (κ3) is 26.2. The molecule has 0 amide bonds. The van der Waals surface area contributed by atoms with E-state index in [1.54, 1.807) is 0 Å². The Balaban J connectivity index is 0. The fraction of sp³-hybridized carbons (Fsp3) is 0.333. The van der Waals surface area contributed by atoms with Crippen molar-refractivity contribution in [2.75, 3.05) is 0 Å². The van der Waals surface area contributed by atoms with Crippen molar-refractivity contribution in [2.45, 2.75) is 12.8 Å². The van der Waals surface area contributed by atoms with Crippen molar-refractivity contribution in [1.82, 2.24) is 0 Å². The zero-order chi connectivity index (χ0) is 7.54. The summed E-state index contributed by atoms with van der Waals surface area (Å²) in [5, 5.41) is 0. The van der Waals surface area contributed by atoms with Crippen LogP contribution in [0.2, 0.25) is 0 Å². The van der Waals surface area contributed by atoms with E-state index < -0.39 is 0 Å². The van der Waals surface area contributed by atoms with Crippen molar-refractivity contribution in [1.29, 1.82) is 0 Å². The average molecular weight is 531 g/mol. The predicted octanol–water partition coefficient (Wildman–Crippen LogP) is 3.91. The number of hydrogen-bond acceptors (Lipinski definition) is 0. The molecular formula is C6H10I2Pt. The van der Waals surface area contributed by atoms with Crippen LogP contribution in [0, 0.1) is 0 Å². The molecule has 0 aromatic carbocycles.